The first-order valence-corrected chi connectivity index (χ1v) is 5.14. The number of nitrogens with zero attached hydrogens (tertiary/aromatic N) is 2. The molecule has 0 bridgehead atoms. The number of aromatic nitrogens is 2. The first-order chi connectivity index (χ1) is 6.70. The SMILES string of the molecule is Cn1cc(C=O)c(-c2ccc(Cl)s2)n1. The van der Waals surface area contributed by atoms with Gasteiger partial charge in [0.05, 0.1) is 14.8 Å². The highest BCUT2D eigenvalue weighted by molar-refractivity contribution is 7.19. The second-order valence-electron chi connectivity index (χ2n) is 2.83. The van der Waals surface area contributed by atoms with Crippen LogP contribution in [0, 0.1) is 0 Å². The van der Waals surface area contributed by atoms with Crippen LogP contribution in [0.5, 0.6) is 0 Å². The minimum Gasteiger partial charge on any atom is -0.298 e. The number of halogens is 1. The van der Waals surface area contributed by atoms with E-state index >= 15 is 0 Å². The molecule has 0 atom stereocenters. The molecule has 0 aliphatic carbocycles. The Bertz CT molecular complexity index is 475. The molecule has 72 valence electrons. The smallest absolute Gasteiger partial charge is 0.153 e. The van der Waals surface area contributed by atoms with Gasteiger partial charge in [-0.1, -0.05) is 11.6 Å². The maximum atomic E-state index is 10.7. The summed E-state index contributed by atoms with van der Waals surface area (Å²) in [5, 5.41) is 4.20. The molecule has 0 saturated carbocycles. The Kier molecular flexibility index (Phi) is 2.39. The summed E-state index contributed by atoms with van der Waals surface area (Å²) in [6.45, 7) is 0. The summed E-state index contributed by atoms with van der Waals surface area (Å²) in [6, 6.07) is 3.66. The summed E-state index contributed by atoms with van der Waals surface area (Å²) < 4.78 is 2.31. The van der Waals surface area contributed by atoms with E-state index in [0.29, 0.717) is 15.6 Å². The molecule has 2 rings (SSSR count). The van der Waals surface area contributed by atoms with E-state index in [1.807, 2.05) is 6.07 Å². The van der Waals surface area contributed by atoms with Gasteiger partial charge in [0.15, 0.2) is 6.29 Å². The average Bonchev–Trinajstić information content (AvgIpc) is 2.71. The largest absolute Gasteiger partial charge is 0.298 e. The first kappa shape index (κ1) is 9.43. The zero-order valence-electron chi connectivity index (χ0n) is 7.40. The van der Waals surface area contributed by atoms with E-state index in [1.54, 1.807) is 24.0 Å². The van der Waals surface area contributed by atoms with Gasteiger partial charge in [0.25, 0.3) is 0 Å². The maximum Gasteiger partial charge on any atom is 0.153 e. The molecule has 0 unspecified atom stereocenters. The van der Waals surface area contributed by atoms with E-state index in [2.05, 4.69) is 5.10 Å². The molecule has 0 radical (unpaired) electrons. The van der Waals surface area contributed by atoms with Crippen LogP contribution in [-0.2, 0) is 7.05 Å². The van der Waals surface area contributed by atoms with Crippen molar-refractivity contribution in [3.8, 4) is 10.6 Å². The van der Waals surface area contributed by atoms with E-state index < -0.39 is 0 Å². The standard InChI is InChI=1S/C9H7ClN2OS/c1-12-4-6(5-13)9(11-12)7-2-3-8(10)14-7/h2-5H,1H3. The number of thiophene rings is 1. The lowest BCUT2D eigenvalue weighted by Crippen LogP contribution is -1.86. The summed E-state index contributed by atoms with van der Waals surface area (Å²) >= 11 is 7.22. The Labute approximate surface area is 89.9 Å². The molecule has 2 aromatic rings. The molecule has 0 aromatic carbocycles. The van der Waals surface area contributed by atoms with E-state index in [9.17, 15) is 4.79 Å². The van der Waals surface area contributed by atoms with Gasteiger partial charge < -0.3 is 0 Å². The number of hydrogen-bond acceptors (Lipinski definition) is 3. The molecule has 0 saturated heterocycles. The number of carbonyl (C=O) groups excluding carboxylic acids is 1. The van der Waals surface area contributed by atoms with E-state index in [-0.39, 0.29) is 0 Å². The van der Waals surface area contributed by atoms with Gasteiger partial charge in [0.2, 0.25) is 0 Å². The van der Waals surface area contributed by atoms with Crippen LogP contribution in [0.25, 0.3) is 10.6 Å². The highest BCUT2D eigenvalue weighted by atomic mass is 35.5. The lowest BCUT2D eigenvalue weighted by Gasteiger charge is -1.89. The first-order valence-electron chi connectivity index (χ1n) is 3.95. The van der Waals surface area contributed by atoms with Crippen molar-refractivity contribution in [2.45, 2.75) is 0 Å². The molecular formula is C9H7ClN2OS. The normalized spacial score (nSPS) is 10.4. The minimum atomic E-state index is 0.589. The maximum absolute atomic E-state index is 10.7. The van der Waals surface area contributed by atoms with Gasteiger partial charge in [0.1, 0.15) is 5.69 Å². The number of aldehydes is 1. The Hall–Kier alpha value is -1.13. The van der Waals surface area contributed by atoms with Crippen LogP contribution in [-0.4, -0.2) is 16.1 Å². The van der Waals surface area contributed by atoms with Gasteiger partial charge in [-0.3, -0.25) is 9.48 Å². The van der Waals surface area contributed by atoms with E-state index in [0.717, 1.165) is 11.2 Å². The highest BCUT2D eigenvalue weighted by Gasteiger charge is 2.10. The topological polar surface area (TPSA) is 34.9 Å². The third kappa shape index (κ3) is 1.58. The van der Waals surface area contributed by atoms with Crippen LogP contribution in [0.4, 0.5) is 0 Å². The predicted molar refractivity (Wildman–Crippen MR) is 56.9 cm³/mol. The van der Waals surface area contributed by atoms with Crippen molar-refractivity contribution >= 4 is 29.2 Å². The summed E-state index contributed by atoms with van der Waals surface area (Å²) in [7, 11) is 1.78. The molecule has 0 fully saturated rings. The van der Waals surface area contributed by atoms with Gasteiger partial charge in [0, 0.05) is 13.2 Å². The quantitative estimate of drug-likeness (QED) is 0.738. The van der Waals surface area contributed by atoms with Crippen LogP contribution in [0.2, 0.25) is 4.34 Å². The fourth-order valence-corrected chi connectivity index (χ4v) is 2.28. The number of aryl methyl sites for hydroxylation is 1. The molecule has 2 aromatic heterocycles. The molecule has 0 N–H and O–H groups in total. The van der Waals surface area contributed by atoms with E-state index in [4.69, 9.17) is 11.6 Å². The second kappa shape index (κ2) is 3.55. The summed E-state index contributed by atoms with van der Waals surface area (Å²) in [5.41, 5.74) is 1.28. The predicted octanol–water partition coefficient (Wildman–Crippen LogP) is 2.61. The van der Waals surface area contributed by atoms with E-state index in [1.165, 1.54) is 11.3 Å². The molecule has 0 amide bonds. The number of rotatable bonds is 2. The zero-order chi connectivity index (χ0) is 10.1. The van der Waals surface area contributed by atoms with Crippen molar-refractivity contribution in [3.63, 3.8) is 0 Å². The fourth-order valence-electron chi connectivity index (χ4n) is 1.23. The number of carbonyl (C=O) groups is 1. The summed E-state index contributed by atoms with van der Waals surface area (Å²) in [6.07, 6.45) is 2.49. The van der Waals surface area contributed by atoms with Crippen LogP contribution in [0.15, 0.2) is 18.3 Å². The molecule has 2 heterocycles. The molecule has 0 spiro atoms. The molecular weight excluding hydrogens is 220 g/mol. The Morgan fingerprint density at radius 2 is 2.36 bits per heavy atom. The molecule has 14 heavy (non-hydrogen) atoms. The van der Waals surface area contributed by atoms with Crippen LogP contribution in [0.3, 0.4) is 0 Å². The highest BCUT2D eigenvalue weighted by Crippen LogP contribution is 2.31. The van der Waals surface area contributed by atoms with Crippen LogP contribution in [0.1, 0.15) is 10.4 Å². The van der Waals surface area contributed by atoms with Crippen molar-refractivity contribution in [1.82, 2.24) is 9.78 Å². The summed E-state index contributed by atoms with van der Waals surface area (Å²) in [5.74, 6) is 0. The van der Waals surface area contributed by atoms with Crippen LogP contribution >= 0.6 is 22.9 Å². The van der Waals surface area contributed by atoms with Crippen molar-refractivity contribution in [1.29, 1.82) is 0 Å². The van der Waals surface area contributed by atoms with Crippen molar-refractivity contribution in [3.05, 3.63) is 28.2 Å². The van der Waals surface area contributed by atoms with Crippen molar-refractivity contribution in [2.24, 2.45) is 7.05 Å². The Morgan fingerprint density at radius 3 is 2.93 bits per heavy atom. The number of hydrogen-bond donors (Lipinski definition) is 0. The summed E-state index contributed by atoms with van der Waals surface area (Å²) in [4.78, 5) is 11.7. The van der Waals surface area contributed by atoms with Crippen molar-refractivity contribution in [2.75, 3.05) is 0 Å². The molecule has 5 heteroatoms. The molecule has 0 aliphatic heterocycles. The fraction of sp³-hybridized carbons (Fsp3) is 0.111. The monoisotopic (exact) mass is 226 g/mol. The lowest BCUT2D eigenvalue weighted by atomic mass is 10.2. The van der Waals surface area contributed by atoms with Gasteiger partial charge >= 0.3 is 0 Å². The van der Waals surface area contributed by atoms with Crippen molar-refractivity contribution < 1.29 is 4.79 Å². The van der Waals surface area contributed by atoms with Gasteiger partial charge in [-0.25, -0.2) is 0 Å². The Balaban J connectivity index is 2.55. The van der Waals surface area contributed by atoms with Gasteiger partial charge in [-0.2, -0.15) is 5.10 Å². The van der Waals surface area contributed by atoms with Gasteiger partial charge in [-0.05, 0) is 12.1 Å². The molecule has 0 aliphatic rings. The van der Waals surface area contributed by atoms with Crippen LogP contribution < -0.4 is 0 Å². The third-order valence-electron chi connectivity index (χ3n) is 1.79. The second-order valence-corrected chi connectivity index (χ2v) is 4.54. The average molecular weight is 227 g/mol. The van der Waals surface area contributed by atoms with Gasteiger partial charge in [-0.15, -0.1) is 11.3 Å². The minimum absolute atomic E-state index is 0.589. The third-order valence-corrected chi connectivity index (χ3v) is 3.03. The molecule has 3 nitrogen and oxygen atoms in total. The lowest BCUT2D eigenvalue weighted by molar-refractivity contribution is 0.112. The zero-order valence-corrected chi connectivity index (χ0v) is 8.97. The Morgan fingerprint density at radius 1 is 1.57 bits per heavy atom.